The van der Waals surface area contributed by atoms with E-state index in [1.165, 1.54) is 23.9 Å². The van der Waals surface area contributed by atoms with Gasteiger partial charge in [0.15, 0.2) is 5.16 Å². The summed E-state index contributed by atoms with van der Waals surface area (Å²) >= 11 is 1.42. The zero-order chi connectivity index (χ0) is 9.42. The van der Waals surface area contributed by atoms with Crippen LogP contribution in [-0.4, -0.2) is 26.4 Å². The lowest BCUT2D eigenvalue weighted by atomic mass is 10.3. The van der Waals surface area contributed by atoms with Crippen molar-refractivity contribution < 1.29 is 10.2 Å². The van der Waals surface area contributed by atoms with E-state index in [1.807, 2.05) is 6.26 Å². The Morgan fingerprint density at radius 2 is 2.00 bits per heavy atom. The van der Waals surface area contributed by atoms with Crippen LogP contribution in [-0.2, 0) is 0 Å². The molecule has 0 aliphatic carbocycles. The van der Waals surface area contributed by atoms with E-state index < -0.39 is 0 Å². The van der Waals surface area contributed by atoms with Crippen LogP contribution >= 0.6 is 11.8 Å². The number of thioether (sulfide) groups is 1. The summed E-state index contributed by atoms with van der Waals surface area (Å²) in [6, 6.07) is 2.85. The highest BCUT2D eigenvalue weighted by molar-refractivity contribution is 7.98. The third-order valence-electron chi connectivity index (χ3n) is 1.77. The summed E-state index contributed by atoms with van der Waals surface area (Å²) in [7, 11) is 0. The summed E-state index contributed by atoms with van der Waals surface area (Å²) in [5.41, 5.74) is 0.883. The smallest absolute Gasteiger partial charge is 0.166 e. The first kappa shape index (κ1) is 8.25. The van der Waals surface area contributed by atoms with E-state index in [9.17, 15) is 10.2 Å². The number of aromatic hydroxyl groups is 2. The Kier molecular flexibility index (Phi) is 1.81. The maximum Gasteiger partial charge on any atom is 0.166 e. The highest BCUT2D eigenvalue weighted by Gasteiger charge is 2.09. The van der Waals surface area contributed by atoms with Gasteiger partial charge in [-0.3, -0.25) is 0 Å². The van der Waals surface area contributed by atoms with E-state index in [4.69, 9.17) is 0 Å². The quantitative estimate of drug-likeness (QED) is 0.479. The number of nitrogens with zero attached hydrogens (tertiary/aromatic N) is 1. The fourth-order valence-corrected chi connectivity index (χ4v) is 1.53. The predicted molar refractivity (Wildman–Crippen MR) is 51.2 cm³/mol. The highest BCUT2D eigenvalue weighted by Crippen LogP contribution is 2.31. The van der Waals surface area contributed by atoms with Crippen molar-refractivity contribution in [1.82, 2.24) is 9.97 Å². The second kappa shape index (κ2) is 2.85. The van der Waals surface area contributed by atoms with Crippen LogP contribution in [0.2, 0.25) is 0 Å². The van der Waals surface area contributed by atoms with E-state index in [2.05, 4.69) is 9.97 Å². The van der Waals surface area contributed by atoms with Crippen LogP contribution in [0.4, 0.5) is 0 Å². The summed E-state index contributed by atoms with van der Waals surface area (Å²) in [6.07, 6.45) is 1.87. The molecule has 0 amide bonds. The minimum absolute atomic E-state index is 0.0735. The van der Waals surface area contributed by atoms with Gasteiger partial charge in [-0.05, 0) is 18.4 Å². The van der Waals surface area contributed by atoms with Gasteiger partial charge in [-0.1, -0.05) is 11.8 Å². The molecule has 0 aliphatic heterocycles. The molecule has 3 N–H and O–H groups in total. The minimum atomic E-state index is 0.0735. The first-order valence-electron chi connectivity index (χ1n) is 3.67. The van der Waals surface area contributed by atoms with E-state index in [0.29, 0.717) is 16.2 Å². The fraction of sp³-hybridized carbons (Fsp3) is 0.125. The first-order chi connectivity index (χ1) is 6.22. The summed E-state index contributed by atoms with van der Waals surface area (Å²) in [5, 5.41) is 19.5. The Hall–Kier alpha value is -1.36. The highest BCUT2D eigenvalue weighted by atomic mass is 32.2. The maximum absolute atomic E-state index is 9.41. The van der Waals surface area contributed by atoms with Crippen molar-refractivity contribution in [3.63, 3.8) is 0 Å². The van der Waals surface area contributed by atoms with Crippen LogP contribution in [0.15, 0.2) is 17.3 Å². The molecule has 13 heavy (non-hydrogen) atoms. The van der Waals surface area contributed by atoms with Crippen LogP contribution in [0.5, 0.6) is 11.5 Å². The molecule has 0 aliphatic rings. The molecule has 0 radical (unpaired) electrons. The molecule has 0 saturated carbocycles. The average molecular weight is 196 g/mol. The minimum Gasteiger partial charge on any atom is -0.506 e. The van der Waals surface area contributed by atoms with Crippen molar-refractivity contribution in [2.75, 3.05) is 6.26 Å². The molecule has 0 spiro atoms. The number of fused-ring (bicyclic) bond motifs is 1. The lowest BCUT2D eigenvalue weighted by molar-refractivity contribution is 0.468. The van der Waals surface area contributed by atoms with Gasteiger partial charge < -0.3 is 15.2 Å². The molecule has 68 valence electrons. The number of hydrogen-bond acceptors (Lipinski definition) is 4. The number of aromatic amines is 1. The standard InChI is InChI=1S/C8H8N2O2S/c1-13-8-9-6-4(11)2-3-5(12)7(6)10-8/h2-3,11-12H,1H3,(H,9,10). The van der Waals surface area contributed by atoms with Crippen LogP contribution in [0, 0.1) is 0 Å². The molecule has 1 aromatic heterocycles. The normalized spacial score (nSPS) is 10.8. The van der Waals surface area contributed by atoms with Gasteiger partial charge in [-0.2, -0.15) is 0 Å². The number of phenolic OH excluding ortho intramolecular Hbond substituents is 2. The SMILES string of the molecule is CSc1nc2c(O)ccc(O)c2[nH]1. The van der Waals surface area contributed by atoms with E-state index >= 15 is 0 Å². The molecule has 0 atom stereocenters. The predicted octanol–water partition coefficient (Wildman–Crippen LogP) is 1.70. The molecule has 0 saturated heterocycles. The molecule has 0 bridgehead atoms. The third-order valence-corrected chi connectivity index (χ3v) is 2.35. The zero-order valence-corrected chi connectivity index (χ0v) is 7.72. The van der Waals surface area contributed by atoms with Crippen molar-refractivity contribution >= 4 is 22.8 Å². The lowest BCUT2D eigenvalue weighted by Crippen LogP contribution is -1.72. The third kappa shape index (κ3) is 1.21. The number of H-pyrrole nitrogens is 1. The van der Waals surface area contributed by atoms with Crippen molar-refractivity contribution in [2.45, 2.75) is 5.16 Å². The van der Waals surface area contributed by atoms with E-state index in [-0.39, 0.29) is 11.5 Å². The Balaban J connectivity index is 2.80. The van der Waals surface area contributed by atoms with Crippen molar-refractivity contribution in [3.05, 3.63) is 12.1 Å². The maximum atomic E-state index is 9.41. The Morgan fingerprint density at radius 3 is 2.62 bits per heavy atom. The van der Waals surface area contributed by atoms with Crippen LogP contribution in [0.3, 0.4) is 0 Å². The van der Waals surface area contributed by atoms with E-state index in [1.54, 1.807) is 0 Å². The molecular weight excluding hydrogens is 188 g/mol. The molecule has 5 heteroatoms. The van der Waals surface area contributed by atoms with Crippen molar-refractivity contribution in [1.29, 1.82) is 0 Å². The van der Waals surface area contributed by atoms with Gasteiger partial charge in [0.25, 0.3) is 0 Å². The molecule has 4 nitrogen and oxygen atoms in total. The molecule has 1 heterocycles. The number of imidazole rings is 1. The summed E-state index contributed by atoms with van der Waals surface area (Å²) in [4.78, 5) is 6.99. The van der Waals surface area contributed by atoms with Gasteiger partial charge in [0.2, 0.25) is 0 Å². The monoisotopic (exact) mass is 196 g/mol. The second-order valence-corrected chi connectivity index (χ2v) is 3.37. The summed E-state index contributed by atoms with van der Waals surface area (Å²) in [5.74, 6) is 0.171. The summed E-state index contributed by atoms with van der Waals surface area (Å²) < 4.78 is 0. The molecular formula is C8H8N2O2S. The second-order valence-electron chi connectivity index (χ2n) is 2.57. The zero-order valence-electron chi connectivity index (χ0n) is 6.90. The number of phenols is 2. The Labute approximate surface area is 78.6 Å². The molecule has 2 aromatic rings. The lowest BCUT2D eigenvalue weighted by Gasteiger charge is -1.94. The Bertz CT molecular complexity index is 414. The van der Waals surface area contributed by atoms with Gasteiger partial charge in [-0.25, -0.2) is 4.98 Å². The Morgan fingerprint density at radius 1 is 1.31 bits per heavy atom. The van der Waals surface area contributed by atoms with Gasteiger partial charge in [0.05, 0.1) is 0 Å². The largest absolute Gasteiger partial charge is 0.506 e. The fourth-order valence-electron chi connectivity index (χ4n) is 1.14. The molecule has 0 fully saturated rings. The first-order valence-corrected chi connectivity index (χ1v) is 4.89. The van der Waals surface area contributed by atoms with Gasteiger partial charge in [0, 0.05) is 0 Å². The number of hydrogen-bond donors (Lipinski definition) is 3. The summed E-state index contributed by atoms with van der Waals surface area (Å²) in [6.45, 7) is 0. The van der Waals surface area contributed by atoms with Gasteiger partial charge in [-0.15, -0.1) is 0 Å². The van der Waals surface area contributed by atoms with Gasteiger partial charge in [0.1, 0.15) is 22.5 Å². The number of nitrogens with one attached hydrogen (secondary N) is 1. The number of rotatable bonds is 1. The van der Waals surface area contributed by atoms with Gasteiger partial charge >= 0.3 is 0 Å². The molecule has 2 rings (SSSR count). The van der Waals surface area contributed by atoms with Crippen LogP contribution in [0.25, 0.3) is 11.0 Å². The number of benzene rings is 1. The average Bonchev–Trinajstić information content (AvgIpc) is 2.56. The van der Waals surface area contributed by atoms with E-state index in [0.717, 1.165) is 0 Å². The van der Waals surface area contributed by atoms with Crippen molar-refractivity contribution in [3.8, 4) is 11.5 Å². The van der Waals surface area contributed by atoms with Crippen LogP contribution in [0.1, 0.15) is 0 Å². The topological polar surface area (TPSA) is 69.1 Å². The van der Waals surface area contributed by atoms with Crippen LogP contribution < -0.4 is 0 Å². The molecule has 1 aromatic carbocycles. The molecule has 0 unspecified atom stereocenters. The van der Waals surface area contributed by atoms with Crippen molar-refractivity contribution in [2.24, 2.45) is 0 Å². The number of aromatic nitrogens is 2.